The molecule has 0 aliphatic carbocycles. The van der Waals surface area contributed by atoms with Gasteiger partial charge in [0.15, 0.2) is 11.8 Å². The van der Waals surface area contributed by atoms with E-state index in [0.29, 0.717) is 33.1 Å². The molecule has 0 unspecified atom stereocenters. The smallest absolute Gasteiger partial charge is 0.339 e. The molecular formula is C29H22N4O3S. The lowest BCUT2D eigenvalue weighted by Crippen LogP contribution is -2.34. The van der Waals surface area contributed by atoms with Crippen molar-refractivity contribution in [3.8, 4) is 0 Å². The van der Waals surface area contributed by atoms with Crippen LogP contribution in [0.5, 0.6) is 0 Å². The van der Waals surface area contributed by atoms with E-state index in [1.54, 1.807) is 12.1 Å². The quantitative estimate of drug-likeness (QED) is 0.364. The topological polar surface area (TPSA) is 93.0 Å². The fraction of sp³-hybridized carbons (Fsp3) is 0.0690. The number of carbonyl (C=O) groups excluding carboxylic acids is 2. The third-order valence-electron chi connectivity index (χ3n) is 5.50. The molecule has 0 atom stereocenters. The maximum atomic E-state index is 13.0. The lowest BCUT2D eigenvalue weighted by atomic mass is 10.1. The number of thioether (sulfide) groups is 1. The summed E-state index contributed by atoms with van der Waals surface area (Å²) in [5.41, 5.74) is 4.44. The van der Waals surface area contributed by atoms with Gasteiger partial charge in [-0.25, -0.2) is 9.78 Å². The summed E-state index contributed by atoms with van der Waals surface area (Å²) in [4.78, 5) is 30.0. The van der Waals surface area contributed by atoms with E-state index in [4.69, 9.17) is 4.74 Å². The first kappa shape index (κ1) is 24.1. The van der Waals surface area contributed by atoms with Crippen molar-refractivity contribution in [2.75, 3.05) is 12.4 Å². The fourth-order valence-electron chi connectivity index (χ4n) is 3.69. The molecule has 0 saturated heterocycles. The van der Waals surface area contributed by atoms with Gasteiger partial charge in [-0.05, 0) is 29.3 Å². The predicted molar refractivity (Wildman–Crippen MR) is 148 cm³/mol. The van der Waals surface area contributed by atoms with E-state index in [1.807, 2.05) is 91.0 Å². The van der Waals surface area contributed by atoms with Crippen LogP contribution in [0.3, 0.4) is 0 Å². The average Bonchev–Trinajstić information content (AvgIpc) is 2.96. The summed E-state index contributed by atoms with van der Waals surface area (Å²) < 4.78 is 5.34. The number of hydrogen-bond acceptors (Lipinski definition) is 7. The number of nitrogens with one attached hydrogen (secondary N) is 1. The van der Waals surface area contributed by atoms with Gasteiger partial charge >= 0.3 is 5.97 Å². The van der Waals surface area contributed by atoms with Crippen LogP contribution in [0, 0.1) is 0 Å². The minimum Gasteiger partial charge on any atom is -0.452 e. The first-order chi connectivity index (χ1) is 18.2. The Morgan fingerprint density at radius 2 is 1.62 bits per heavy atom. The number of nitrogens with zero attached hydrogens (tertiary/aromatic N) is 3. The minimum absolute atomic E-state index is 0.340. The molecule has 4 aromatic rings. The maximum absolute atomic E-state index is 13.0. The number of amides is 1. The number of amidine groups is 1. The molecule has 1 amide bonds. The summed E-state index contributed by atoms with van der Waals surface area (Å²) in [5.74, 6) is -0.517. The van der Waals surface area contributed by atoms with E-state index < -0.39 is 18.5 Å². The average molecular weight is 507 g/mol. The molecule has 3 aromatic carbocycles. The van der Waals surface area contributed by atoms with Crippen LogP contribution < -0.4 is 5.32 Å². The number of hydrogen-bond donors (Lipinski definition) is 1. The first-order valence-electron chi connectivity index (χ1n) is 11.6. The molecule has 2 heterocycles. The molecule has 37 heavy (non-hydrogen) atoms. The van der Waals surface area contributed by atoms with Gasteiger partial charge in [-0.3, -0.25) is 4.79 Å². The Bertz CT molecular complexity index is 1530. The Morgan fingerprint density at radius 3 is 2.38 bits per heavy atom. The number of rotatable bonds is 6. The molecule has 182 valence electrons. The molecule has 0 fully saturated rings. The van der Waals surface area contributed by atoms with Gasteiger partial charge in [0.25, 0.3) is 5.91 Å². The van der Waals surface area contributed by atoms with Gasteiger partial charge in [-0.1, -0.05) is 96.7 Å². The second-order valence-corrected chi connectivity index (χ2v) is 9.05. The molecule has 1 N–H and O–H groups in total. The standard InChI is InChI=1S/C29H22N4O3S/c34-27(31-29-33-32-26(19-37-29)21-11-5-2-6-12-21)18-36-28(35)24-17-22(16-15-20-9-3-1-4-10-20)30-25-14-8-7-13-23(24)25/h1-17H,18-19H2,(H,31,33,34)/b16-15+. The highest BCUT2D eigenvalue weighted by Gasteiger charge is 2.18. The number of esters is 1. The molecule has 5 rings (SSSR count). The van der Waals surface area contributed by atoms with E-state index >= 15 is 0 Å². The van der Waals surface area contributed by atoms with Crippen LogP contribution >= 0.6 is 11.8 Å². The third-order valence-corrected chi connectivity index (χ3v) is 6.37. The predicted octanol–water partition coefficient (Wildman–Crippen LogP) is 5.19. The van der Waals surface area contributed by atoms with Crippen molar-refractivity contribution in [2.45, 2.75) is 0 Å². The summed E-state index contributed by atoms with van der Waals surface area (Å²) in [5, 5.41) is 12.0. The van der Waals surface area contributed by atoms with Crippen molar-refractivity contribution in [1.29, 1.82) is 0 Å². The highest BCUT2D eigenvalue weighted by atomic mass is 32.2. The highest BCUT2D eigenvalue weighted by Crippen LogP contribution is 2.21. The van der Waals surface area contributed by atoms with Crippen molar-refractivity contribution < 1.29 is 14.3 Å². The van der Waals surface area contributed by atoms with Crippen molar-refractivity contribution in [3.63, 3.8) is 0 Å². The SMILES string of the molecule is O=C(COC(=O)c1cc(/C=C/c2ccccc2)nc2ccccc12)NC1=NN=C(c2ccccc2)CS1. The van der Waals surface area contributed by atoms with Crippen LogP contribution in [0.2, 0.25) is 0 Å². The zero-order valence-corrected chi connectivity index (χ0v) is 20.5. The Hall–Kier alpha value is -4.56. The minimum atomic E-state index is -0.606. The lowest BCUT2D eigenvalue weighted by molar-refractivity contribution is -0.122. The monoisotopic (exact) mass is 506 g/mol. The number of aromatic nitrogens is 1. The second kappa shape index (κ2) is 11.5. The number of pyridine rings is 1. The zero-order valence-electron chi connectivity index (χ0n) is 19.7. The number of benzene rings is 3. The Kier molecular flexibility index (Phi) is 7.47. The van der Waals surface area contributed by atoms with Crippen LogP contribution in [0.15, 0.2) is 101 Å². The molecule has 1 aromatic heterocycles. The molecule has 0 spiro atoms. The molecule has 1 aliphatic rings. The van der Waals surface area contributed by atoms with Crippen LogP contribution in [0.4, 0.5) is 0 Å². The molecule has 0 saturated carbocycles. The molecule has 7 nitrogen and oxygen atoms in total. The molecule has 0 radical (unpaired) electrons. The number of carbonyl (C=O) groups is 2. The van der Waals surface area contributed by atoms with Crippen LogP contribution in [-0.2, 0) is 9.53 Å². The second-order valence-electron chi connectivity index (χ2n) is 8.09. The van der Waals surface area contributed by atoms with E-state index in [1.165, 1.54) is 11.8 Å². The van der Waals surface area contributed by atoms with Gasteiger partial charge in [0, 0.05) is 11.1 Å². The van der Waals surface area contributed by atoms with Crippen LogP contribution in [-0.4, -0.2) is 40.1 Å². The Balaban J connectivity index is 1.25. The molecular weight excluding hydrogens is 484 g/mol. The van der Waals surface area contributed by atoms with Crippen LogP contribution in [0.1, 0.15) is 27.2 Å². The zero-order chi connectivity index (χ0) is 25.5. The summed E-state index contributed by atoms with van der Waals surface area (Å²) in [6.45, 7) is -0.445. The van der Waals surface area contributed by atoms with Crippen LogP contribution in [0.25, 0.3) is 23.1 Å². The fourth-order valence-corrected chi connectivity index (χ4v) is 4.48. The number of fused-ring (bicyclic) bond motifs is 1. The Morgan fingerprint density at radius 1 is 0.892 bits per heavy atom. The Labute approximate surface area is 218 Å². The summed E-state index contributed by atoms with van der Waals surface area (Å²) in [7, 11) is 0. The first-order valence-corrected chi connectivity index (χ1v) is 12.6. The van der Waals surface area contributed by atoms with Crippen molar-refractivity contribution in [2.24, 2.45) is 10.2 Å². The van der Waals surface area contributed by atoms with Gasteiger partial charge < -0.3 is 10.1 Å². The maximum Gasteiger partial charge on any atom is 0.339 e. The van der Waals surface area contributed by atoms with Gasteiger partial charge in [0.05, 0.1) is 22.5 Å². The number of para-hydroxylation sites is 1. The number of ether oxygens (including phenoxy) is 1. The van der Waals surface area contributed by atoms with Crippen molar-refractivity contribution in [3.05, 3.63) is 113 Å². The normalized spacial score (nSPS) is 13.2. The van der Waals surface area contributed by atoms with E-state index in [2.05, 4.69) is 20.5 Å². The van der Waals surface area contributed by atoms with E-state index in [0.717, 1.165) is 16.8 Å². The summed E-state index contributed by atoms with van der Waals surface area (Å²) in [6, 6.07) is 28.5. The van der Waals surface area contributed by atoms with E-state index in [9.17, 15) is 9.59 Å². The van der Waals surface area contributed by atoms with E-state index in [-0.39, 0.29) is 0 Å². The van der Waals surface area contributed by atoms with Gasteiger partial charge in [-0.2, -0.15) is 5.10 Å². The van der Waals surface area contributed by atoms with Crippen molar-refractivity contribution in [1.82, 2.24) is 10.3 Å². The summed E-state index contributed by atoms with van der Waals surface area (Å²) in [6.07, 6.45) is 3.77. The van der Waals surface area contributed by atoms with Crippen molar-refractivity contribution >= 4 is 57.6 Å². The molecule has 1 aliphatic heterocycles. The van der Waals surface area contributed by atoms with Gasteiger partial charge in [0.1, 0.15) is 0 Å². The largest absolute Gasteiger partial charge is 0.452 e. The highest BCUT2D eigenvalue weighted by molar-refractivity contribution is 8.14. The molecule has 0 bridgehead atoms. The van der Waals surface area contributed by atoms with Gasteiger partial charge in [-0.15, -0.1) is 5.10 Å². The van der Waals surface area contributed by atoms with Gasteiger partial charge in [0.2, 0.25) is 0 Å². The summed E-state index contributed by atoms with van der Waals surface area (Å²) >= 11 is 1.36. The third kappa shape index (κ3) is 6.17. The lowest BCUT2D eigenvalue weighted by Gasteiger charge is -2.13. The molecule has 8 heteroatoms.